The lowest BCUT2D eigenvalue weighted by molar-refractivity contribution is -0.134. The number of hydrogen-bond acceptors (Lipinski definition) is 3. The van der Waals surface area contributed by atoms with Gasteiger partial charge in [0.2, 0.25) is 5.91 Å². The van der Waals surface area contributed by atoms with E-state index in [2.05, 4.69) is 16.3 Å². The van der Waals surface area contributed by atoms with Gasteiger partial charge in [-0.05, 0) is 49.1 Å². The maximum atomic E-state index is 12.3. The maximum Gasteiger partial charge on any atom is 0.224 e. The van der Waals surface area contributed by atoms with Crippen LogP contribution in [0.5, 0.6) is 0 Å². The molecule has 0 bridgehead atoms. The van der Waals surface area contributed by atoms with E-state index in [0.29, 0.717) is 18.4 Å². The van der Waals surface area contributed by atoms with Crippen molar-refractivity contribution in [2.45, 2.75) is 44.7 Å². The van der Waals surface area contributed by atoms with E-state index in [0.717, 1.165) is 13.0 Å². The quantitative estimate of drug-likeness (QED) is 0.910. The van der Waals surface area contributed by atoms with Gasteiger partial charge >= 0.3 is 0 Å². The van der Waals surface area contributed by atoms with Crippen LogP contribution in [0.3, 0.4) is 0 Å². The summed E-state index contributed by atoms with van der Waals surface area (Å²) in [6, 6.07) is 2.52. The minimum atomic E-state index is -0.0405. The second-order valence-electron chi connectivity index (χ2n) is 5.60. The third-order valence-corrected chi connectivity index (χ3v) is 4.90. The van der Waals surface area contributed by atoms with E-state index in [4.69, 9.17) is 5.73 Å². The minimum Gasteiger partial charge on any atom is -0.335 e. The predicted molar refractivity (Wildman–Crippen MR) is 73.5 cm³/mol. The topological polar surface area (TPSA) is 46.3 Å². The number of hydrogen-bond donors (Lipinski definition) is 1. The normalized spacial score (nSPS) is 24.8. The molecule has 1 saturated carbocycles. The third-order valence-electron chi connectivity index (χ3n) is 3.90. The first-order valence-electron chi connectivity index (χ1n) is 6.78. The molecule has 1 fully saturated rings. The van der Waals surface area contributed by atoms with Gasteiger partial charge < -0.3 is 10.6 Å². The second-order valence-corrected chi connectivity index (χ2v) is 6.60. The number of amides is 1. The van der Waals surface area contributed by atoms with Crippen LogP contribution in [0.15, 0.2) is 11.4 Å². The van der Waals surface area contributed by atoms with Crippen LogP contribution in [0.4, 0.5) is 0 Å². The van der Waals surface area contributed by atoms with Crippen molar-refractivity contribution in [2.24, 2.45) is 11.7 Å². The Balaban J connectivity index is 1.84. The molecule has 1 aliphatic heterocycles. The fourth-order valence-corrected chi connectivity index (χ4v) is 3.85. The van der Waals surface area contributed by atoms with E-state index >= 15 is 0 Å². The Morgan fingerprint density at radius 3 is 3.06 bits per heavy atom. The molecular formula is C14H20N2OS. The minimum absolute atomic E-state index is 0.0405. The van der Waals surface area contributed by atoms with Crippen LogP contribution in [0, 0.1) is 5.92 Å². The largest absolute Gasteiger partial charge is 0.335 e. The van der Waals surface area contributed by atoms with Crippen molar-refractivity contribution in [3.05, 3.63) is 21.9 Å². The van der Waals surface area contributed by atoms with E-state index in [9.17, 15) is 4.79 Å². The zero-order chi connectivity index (χ0) is 12.7. The van der Waals surface area contributed by atoms with Gasteiger partial charge in [0.05, 0.1) is 6.04 Å². The van der Waals surface area contributed by atoms with E-state index in [1.54, 1.807) is 0 Å². The fourth-order valence-electron chi connectivity index (χ4n) is 2.94. The summed E-state index contributed by atoms with van der Waals surface area (Å²) in [7, 11) is 0. The van der Waals surface area contributed by atoms with Crippen LogP contribution < -0.4 is 5.73 Å². The van der Waals surface area contributed by atoms with Crippen LogP contribution in [0.25, 0.3) is 0 Å². The Bertz CT molecular complexity index is 450. The average Bonchev–Trinajstić information content (AvgIpc) is 3.03. The summed E-state index contributed by atoms with van der Waals surface area (Å²) in [5.41, 5.74) is 7.18. The highest BCUT2D eigenvalue weighted by molar-refractivity contribution is 7.10. The van der Waals surface area contributed by atoms with Gasteiger partial charge in [0.1, 0.15) is 0 Å². The lowest BCUT2D eigenvalue weighted by Crippen LogP contribution is -2.42. The number of carbonyl (C=O) groups is 1. The highest BCUT2D eigenvalue weighted by atomic mass is 32.1. The van der Waals surface area contributed by atoms with Gasteiger partial charge in [0.25, 0.3) is 0 Å². The molecule has 2 atom stereocenters. The molecule has 3 rings (SSSR count). The van der Waals surface area contributed by atoms with Crippen molar-refractivity contribution < 1.29 is 4.79 Å². The van der Waals surface area contributed by atoms with Gasteiger partial charge in [0, 0.05) is 23.9 Å². The SMILES string of the molecule is CC(N)CC(=O)N1CCc2sccc2C1C1CC1. The number of nitrogens with zero attached hydrogens (tertiary/aromatic N) is 1. The Morgan fingerprint density at radius 1 is 1.61 bits per heavy atom. The molecule has 0 spiro atoms. The fraction of sp³-hybridized carbons (Fsp3) is 0.643. The molecule has 0 radical (unpaired) electrons. The predicted octanol–water partition coefficient (Wildman–Crippen LogP) is 2.32. The molecule has 0 saturated heterocycles. The van der Waals surface area contributed by atoms with Crippen LogP contribution in [-0.4, -0.2) is 23.4 Å². The Hall–Kier alpha value is -0.870. The van der Waals surface area contributed by atoms with E-state index in [1.807, 2.05) is 18.3 Å². The summed E-state index contributed by atoms with van der Waals surface area (Å²) in [5.74, 6) is 0.925. The number of thiophene rings is 1. The summed E-state index contributed by atoms with van der Waals surface area (Å²) >= 11 is 1.84. The van der Waals surface area contributed by atoms with Gasteiger partial charge in [0.15, 0.2) is 0 Å². The molecular weight excluding hydrogens is 244 g/mol. The maximum absolute atomic E-state index is 12.3. The van der Waals surface area contributed by atoms with E-state index in [1.165, 1.54) is 23.3 Å². The molecule has 0 aromatic carbocycles. The Kier molecular flexibility index (Phi) is 3.16. The number of fused-ring (bicyclic) bond motifs is 1. The molecule has 2 heterocycles. The summed E-state index contributed by atoms with van der Waals surface area (Å²) in [4.78, 5) is 15.9. The lowest BCUT2D eigenvalue weighted by atomic mass is 9.95. The van der Waals surface area contributed by atoms with Gasteiger partial charge in [-0.25, -0.2) is 0 Å². The number of nitrogens with two attached hydrogens (primary N) is 1. The molecule has 1 aliphatic carbocycles. The highest BCUT2D eigenvalue weighted by Gasteiger charge is 2.41. The molecule has 18 heavy (non-hydrogen) atoms. The molecule has 1 amide bonds. The van der Waals surface area contributed by atoms with Crippen molar-refractivity contribution in [1.82, 2.24) is 4.90 Å². The van der Waals surface area contributed by atoms with E-state index < -0.39 is 0 Å². The lowest BCUT2D eigenvalue weighted by Gasteiger charge is -2.36. The van der Waals surface area contributed by atoms with Gasteiger partial charge in [-0.2, -0.15) is 0 Å². The molecule has 98 valence electrons. The van der Waals surface area contributed by atoms with Gasteiger partial charge in [-0.3, -0.25) is 4.79 Å². The molecule has 1 aromatic rings. The molecule has 3 nitrogen and oxygen atoms in total. The number of carbonyl (C=O) groups excluding carboxylic acids is 1. The first-order chi connectivity index (χ1) is 8.66. The van der Waals surface area contributed by atoms with Crippen LogP contribution in [0.1, 0.15) is 42.7 Å². The van der Waals surface area contributed by atoms with Crippen molar-refractivity contribution in [3.8, 4) is 0 Å². The molecule has 1 aromatic heterocycles. The van der Waals surface area contributed by atoms with Crippen molar-refractivity contribution in [3.63, 3.8) is 0 Å². The molecule has 2 unspecified atom stereocenters. The molecule has 2 aliphatic rings. The van der Waals surface area contributed by atoms with E-state index in [-0.39, 0.29) is 11.9 Å². The van der Waals surface area contributed by atoms with Gasteiger partial charge in [-0.1, -0.05) is 0 Å². The van der Waals surface area contributed by atoms with Crippen molar-refractivity contribution >= 4 is 17.2 Å². The smallest absolute Gasteiger partial charge is 0.224 e. The summed E-state index contributed by atoms with van der Waals surface area (Å²) < 4.78 is 0. The van der Waals surface area contributed by atoms with Gasteiger partial charge in [-0.15, -0.1) is 11.3 Å². The highest BCUT2D eigenvalue weighted by Crippen LogP contribution is 2.48. The van der Waals surface area contributed by atoms with Crippen molar-refractivity contribution in [2.75, 3.05) is 6.54 Å². The summed E-state index contributed by atoms with van der Waals surface area (Å²) in [6.45, 7) is 2.78. The van der Waals surface area contributed by atoms with Crippen LogP contribution in [-0.2, 0) is 11.2 Å². The Labute approximate surface area is 112 Å². The van der Waals surface area contributed by atoms with Crippen molar-refractivity contribution in [1.29, 1.82) is 0 Å². The zero-order valence-electron chi connectivity index (χ0n) is 10.8. The monoisotopic (exact) mass is 264 g/mol. The van der Waals surface area contributed by atoms with Crippen LogP contribution in [0.2, 0.25) is 0 Å². The standard InChI is InChI=1S/C14H20N2OS/c1-9(15)8-13(17)16-6-4-12-11(5-7-18-12)14(16)10-2-3-10/h5,7,9-10,14H,2-4,6,8,15H2,1H3. The van der Waals surface area contributed by atoms with Crippen LogP contribution >= 0.6 is 11.3 Å². The summed E-state index contributed by atoms with van der Waals surface area (Å²) in [6.07, 6.45) is 4.02. The first-order valence-corrected chi connectivity index (χ1v) is 7.66. The Morgan fingerprint density at radius 2 is 2.39 bits per heavy atom. The first kappa shape index (κ1) is 12.2. The summed E-state index contributed by atoms with van der Waals surface area (Å²) in [5, 5.41) is 2.17. The molecule has 4 heteroatoms. The molecule has 2 N–H and O–H groups in total. The zero-order valence-corrected chi connectivity index (χ0v) is 11.6. The number of rotatable bonds is 3. The second kappa shape index (κ2) is 4.67. The third kappa shape index (κ3) is 2.19. The average molecular weight is 264 g/mol.